The van der Waals surface area contributed by atoms with E-state index in [2.05, 4.69) is 0 Å². The maximum absolute atomic E-state index is 10.5. The second kappa shape index (κ2) is 12.7. The fourth-order valence-corrected chi connectivity index (χ4v) is 4.29. The summed E-state index contributed by atoms with van der Waals surface area (Å²) in [6.07, 6.45) is -11.8. The van der Waals surface area contributed by atoms with E-state index in [9.17, 15) is 51.1 Å². The molecule has 2 aromatic rings. The van der Waals surface area contributed by atoms with Gasteiger partial charge < -0.3 is 70.0 Å². The first-order valence-electron chi connectivity index (χ1n) is 12.3. The molecular weight excluding hydrogens is 536 g/mol. The highest BCUT2D eigenvalue weighted by Gasteiger charge is 2.45. The van der Waals surface area contributed by atoms with Gasteiger partial charge in [-0.15, -0.1) is 0 Å². The lowest BCUT2D eigenvalue weighted by Crippen LogP contribution is -2.60. The number of hydrogen-bond donors (Lipinski definition) is 10. The standard InChI is InChI=1S/C26H32O14/c27-9-17-19(31)21(33)23(35)25(39-17)37-14-4-3-12(16(30)8-14)2-1-11-5-13(29)7-15(6-11)38-26-24(36)22(34)20(32)18(10-28)40-26/h1-8,17-36H,9-10H2/b2-1+/t17-,18-,19-,20-,21+,22+,23-,24-,25+,26-/m1/s1. The molecule has 10 N–H and O–H groups in total. The topological polar surface area (TPSA) is 239 Å². The van der Waals surface area contributed by atoms with Gasteiger partial charge in [-0.3, -0.25) is 0 Å². The van der Waals surface area contributed by atoms with Gasteiger partial charge in [-0.1, -0.05) is 12.2 Å². The first kappa shape index (κ1) is 30.0. The van der Waals surface area contributed by atoms with Crippen LogP contribution >= 0.6 is 0 Å². The Morgan fingerprint density at radius 3 is 1.70 bits per heavy atom. The van der Waals surface area contributed by atoms with Gasteiger partial charge in [0.15, 0.2) is 0 Å². The smallest absolute Gasteiger partial charge is 0.229 e. The summed E-state index contributed by atoms with van der Waals surface area (Å²) in [5, 5.41) is 99.2. The van der Waals surface area contributed by atoms with Crippen molar-refractivity contribution in [3.8, 4) is 23.0 Å². The average Bonchev–Trinajstić information content (AvgIpc) is 2.93. The van der Waals surface area contributed by atoms with Crippen LogP contribution in [0.5, 0.6) is 23.0 Å². The predicted octanol–water partition coefficient (Wildman–Crippen LogP) is -2.37. The third-order valence-electron chi connectivity index (χ3n) is 6.57. The zero-order valence-electron chi connectivity index (χ0n) is 20.9. The molecule has 2 aromatic carbocycles. The molecule has 0 saturated carbocycles. The zero-order chi connectivity index (χ0) is 29.1. The minimum Gasteiger partial charge on any atom is -0.508 e. The highest BCUT2D eigenvalue weighted by Crippen LogP contribution is 2.31. The first-order valence-corrected chi connectivity index (χ1v) is 12.3. The summed E-state index contributed by atoms with van der Waals surface area (Å²) in [4.78, 5) is 0. The Morgan fingerprint density at radius 2 is 1.18 bits per heavy atom. The van der Waals surface area contributed by atoms with Crippen LogP contribution in [0.4, 0.5) is 0 Å². The van der Waals surface area contributed by atoms with Crippen LogP contribution in [0, 0.1) is 0 Å². The second-order valence-electron chi connectivity index (χ2n) is 9.44. The van der Waals surface area contributed by atoms with E-state index >= 15 is 0 Å². The van der Waals surface area contributed by atoms with Crippen molar-refractivity contribution in [2.24, 2.45) is 0 Å². The van der Waals surface area contributed by atoms with Gasteiger partial charge in [0.2, 0.25) is 12.6 Å². The van der Waals surface area contributed by atoms with Crippen molar-refractivity contribution in [3.63, 3.8) is 0 Å². The van der Waals surface area contributed by atoms with Crippen LogP contribution in [0.25, 0.3) is 12.2 Å². The van der Waals surface area contributed by atoms with Crippen LogP contribution in [-0.2, 0) is 9.47 Å². The molecule has 0 bridgehead atoms. The molecule has 0 amide bonds. The van der Waals surface area contributed by atoms with Crippen molar-refractivity contribution in [3.05, 3.63) is 47.5 Å². The number of phenolic OH excluding ortho intramolecular Hbond substituents is 2. The van der Waals surface area contributed by atoms with Gasteiger partial charge in [-0.25, -0.2) is 0 Å². The van der Waals surface area contributed by atoms with Gasteiger partial charge in [-0.2, -0.15) is 0 Å². The number of hydrogen-bond acceptors (Lipinski definition) is 14. The molecule has 0 unspecified atom stereocenters. The highest BCUT2D eigenvalue weighted by atomic mass is 16.7. The number of aliphatic hydroxyl groups is 8. The third-order valence-corrected chi connectivity index (χ3v) is 6.57. The molecule has 0 aliphatic carbocycles. The van der Waals surface area contributed by atoms with E-state index in [0.717, 1.165) is 0 Å². The Bertz CT molecular complexity index is 1170. The highest BCUT2D eigenvalue weighted by molar-refractivity contribution is 5.74. The Kier molecular flexibility index (Phi) is 9.48. The summed E-state index contributed by atoms with van der Waals surface area (Å²) in [5.74, 6) is -0.353. The quantitative estimate of drug-likeness (QED) is 0.150. The SMILES string of the molecule is OC[C@H]1O[C@@H](Oc2cc(O)cc(/C=C/c3ccc(O[C@H]4O[C@H](CO)[C@@H](O)[C@H](O)[C@H]4O)cc3O)c2)[C@H](O)[C@@H](O)[C@@H]1O. The summed E-state index contributed by atoms with van der Waals surface area (Å²) in [5.41, 5.74) is 0.724. The number of ether oxygens (including phenoxy) is 4. The fourth-order valence-electron chi connectivity index (χ4n) is 4.29. The molecule has 40 heavy (non-hydrogen) atoms. The van der Waals surface area contributed by atoms with E-state index in [-0.39, 0.29) is 23.0 Å². The lowest BCUT2D eigenvalue weighted by Gasteiger charge is -2.39. The Morgan fingerprint density at radius 1 is 0.625 bits per heavy atom. The van der Waals surface area contributed by atoms with Crippen LogP contribution in [0.3, 0.4) is 0 Å². The van der Waals surface area contributed by atoms with Crippen molar-refractivity contribution < 1.29 is 70.0 Å². The summed E-state index contributed by atoms with van der Waals surface area (Å²) in [6.45, 7) is -1.25. The van der Waals surface area contributed by atoms with Gasteiger partial charge in [0.05, 0.1) is 13.2 Å². The van der Waals surface area contributed by atoms with Gasteiger partial charge in [0.1, 0.15) is 71.8 Å². The van der Waals surface area contributed by atoms with E-state index < -0.39 is 74.6 Å². The molecule has 2 aliphatic rings. The van der Waals surface area contributed by atoms with Crippen LogP contribution in [0.15, 0.2) is 36.4 Å². The Labute approximate surface area is 227 Å². The van der Waals surface area contributed by atoms with E-state index in [1.807, 2.05) is 0 Å². The lowest BCUT2D eigenvalue weighted by atomic mass is 9.99. The minimum absolute atomic E-state index is 0.0384. The van der Waals surface area contributed by atoms with E-state index in [4.69, 9.17) is 18.9 Å². The molecule has 0 aromatic heterocycles. The van der Waals surface area contributed by atoms with Crippen molar-refractivity contribution >= 4 is 12.2 Å². The van der Waals surface area contributed by atoms with E-state index in [1.165, 1.54) is 48.6 Å². The monoisotopic (exact) mass is 568 g/mol. The number of rotatable bonds is 8. The van der Waals surface area contributed by atoms with Crippen LogP contribution in [0.2, 0.25) is 0 Å². The number of benzene rings is 2. The van der Waals surface area contributed by atoms with Crippen molar-refractivity contribution in [2.45, 2.75) is 61.4 Å². The third kappa shape index (κ3) is 6.47. The summed E-state index contributed by atoms with van der Waals surface area (Å²) in [7, 11) is 0. The minimum atomic E-state index is -1.64. The van der Waals surface area contributed by atoms with Crippen LogP contribution in [-0.4, -0.2) is 126 Å². The van der Waals surface area contributed by atoms with Crippen molar-refractivity contribution in [1.82, 2.24) is 0 Å². The zero-order valence-corrected chi connectivity index (χ0v) is 20.9. The lowest BCUT2D eigenvalue weighted by molar-refractivity contribution is -0.277. The average molecular weight is 569 g/mol. The maximum Gasteiger partial charge on any atom is 0.229 e. The molecular formula is C26H32O14. The number of aromatic hydroxyl groups is 2. The fraction of sp³-hybridized carbons (Fsp3) is 0.462. The molecule has 0 spiro atoms. The summed E-state index contributed by atoms with van der Waals surface area (Å²) >= 11 is 0. The molecule has 2 aliphatic heterocycles. The normalized spacial score (nSPS) is 34.6. The molecule has 14 heteroatoms. The molecule has 220 valence electrons. The second-order valence-corrected chi connectivity index (χ2v) is 9.44. The van der Waals surface area contributed by atoms with Crippen molar-refractivity contribution in [1.29, 1.82) is 0 Å². The number of phenols is 2. The van der Waals surface area contributed by atoms with Gasteiger partial charge in [0.25, 0.3) is 0 Å². The maximum atomic E-state index is 10.5. The molecule has 0 radical (unpaired) electrons. The Balaban J connectivity index is 1.45. The summed E-state index contributed by atoms with van der Waals surface area (Å²) in [6, 6.07) is 8.20. The molecule has 2 heterocycles. The van der Waals surface area contributed by atoms with Gasteiger partial charge >= 0.3 is 0 Å². The molecule has 4 rings (SSSR count). The largest absolute Gasteiger partial charge is 0.508 e. The van der Waals surface area contributed by atoms with E-state index in [1.54, 1.807) is 0 Å². The van der Waals surface area contributed by atoms with Gasteiger partial charge in [-0.05, 0) is 29.8 Å². The molecule has 2 saturated heterocycles. The first-order chi connectivity index (χ1) is 19.0. The van der Waals surface area contributed by atoms with Crippen molar-refractivity contribution in [2.75, 3.05) is 13.2 Å². The van der Waals surface area contributed by atoms with Crippen LogP contribution in [0.1, 0.15) is 11.1 Å². The van der Waals surface area contributed by atoms with E-state index in [0.29, 0.717) is 11.1 Å². The predicted molar refractivity (Wildman–Crippen MR) is 134 cm³/mol. The molecule has 14 nitrogen and oxygen atoms in total. The number of aliphatic hydroxyl groups excluding tert-OH is 8. The van der Waals surface area contributed by atoms with Crippen LogP contribution < -0.4 is 9.47 Å². The van der Waals surface area contributed by atoms with Gasteiger partial charge in [0, 0.05) is 17.7 Å². The molecule has 2 fully saturated rings. The molecule has 10 atom stereocenters. The summed E-state index contributed by atoms with van der Waals surface area (Å²) < 4.78 is 21.6. The Hall–Kier alpha value is -3.02.